The van der Waals surface area contributed by atoms with Crippen molar-refractivity contribution in [3.63, 3.8) is 0 Å². The molecule has 0 bridgehead atoms. The molecule has 1 aromatic carbocycles. The van der Waals surface area contributed by atoms with Gasteiger partial charge in [-0.15, -0.1) is 0 Å². The third-order valence-electron chi connectivity index (χ3n) is 4.02. The minimum absolute atomic E-state index is 0.195. The molecule has 0 saturated heterocycles. The van der Waals surface area contributed by atoms with Crippen LogP contribution < -0.4 is 5.32 Å². The first kappa shape index (κ1) is 14.1. The molecular formula is C17H21N3S. The SMILES string of the molecule is CCNC(=S)N1CCn2cccc2C1c1ccc(C)cc1. The zero-order valence-electron chi connectivity index (χ0n) is 12.5. The van der Waals surface area contributed by atoms with Gasteiger partial charge < -0.3 is 14.8 Å². The summed E-state index contributed by atoms with van der Waals surface area (Å²) in [6.45, 7) is 6.98. The summed E-state index contributed by atoms with van der Waals surface area (Å²) in [6, 6.07) is 13.3. The Balaban J connectivity index is 2.01. The molecule has 2 heterocycles. The van der Waals surface area contributed by atoms with E-state index in [4.69, 9.17) is 12.2 Å². The summed E-state index contributed by atoms with van der Waals surface area (Å²) in [4.78, 5) is 2.30. The number of hydrogen-bond acceptors (Lipinski definition) is 1. The molecule has 1 atom stereocenters. The Hall–Kier alpha value is -1.81. The maximum atomic E-state index is 5.58. The van der Waals surface area contributed by atoms with Gasteiger partial charge in [-0.2, -0.15) is 0 Å². The number of nitrogens with one attached hydrogen (secondary N) is 1. The van der Waals surface area contributed by atoms with E-state index in [-0.39, 0.29) is 6.04 Å². The fourth-order valence-electron chi connectivity index (χ4n) is 2.95. The molecule has 3 nitrogen and oxygen atoms in total. The van der Waals surface area contributed by atoms with Gasteiger partial charge in [-0.3, -0.25) is 0 Å². The lowest BCUT2D eigenvalue weighted by atomic mass is 9.99. The maximum absolute atomic E-state index is 5.58. The molecule has 0 aliphatic carbocycles. The molecule has 0 fully saturated rings. The summed E-state index contributed by atoms with van der Waals surface area (Å²) in [6.07, 6.45) is 2.16. The van der Waals surface area contributed by atoms with Crippen LogP contribution in [0.25, 0.3) is 0 Å². The van der Waals surface area contributed by atoms with Gasteiger partial charge in [0.05, 0.1) is 6.04 Å². The first-order chi connectivity index (χ1) is 10.2. The van der Waals surface area contributed by atoms with Gasteiger partial charge in [-0.1, -0.05) is 29.8 Å². The van der Waals surface area contributed by atoms with Gasteiger partial charge in [-0.05, 0) is 43.8 Å². The molecule has 1 aromatic heterocycles. The number of hydrogen-bond donors (Lipinski definition) is 1. The van der Waals surface area contributed by atoms with E-state index in [9.17, 15) is 0 Å². The van der Waals surface area contributed by atoms with Gasteiger partial charge in [0, 0.05) is 31.5 Å². The molecule has 21 heavy (non-hydrogen) atoms. The lowest BCUT2D eigenvalue weighted by Gasteiger charge is -2.39. The van der Waals surface area contributed by atoms with Crippen LogP contribution in [0.15, 0.2) is 42.6 Å². The predicted octanol–water partition coefficient (Wildman–Crippen LogP) is 3.10. The fraction of sp³-hybridized carbons (Fsp3) is 0.353. The molecule has 3 rings (SSSR count). The van der Waals surface area contributed by atoms with Crippen LogP contribution >= 0.6 is 12.2 Å². The van der Waals surface area contributed by atoms with E-state index in [0.29, 0.717) is 0 Å². The van der Waals surface area contributed by atoms with Crippen molar-refractivity contribution < 1.29 is 0 Å². The van der Waals surface area contributed by atoms with Crippen molar-refractivity contribution in [2.24, 2.45) is 0 Å². The van der Waals surface area contributed by atoms with E-state index < -0.39 is 0 Å². The smallest absolute Gasteiger partial charge is 0.169 e. The second-order valence-electron chi connectivity index (χ2n) is 5.47. The summed E-state index contributed by atoms with van der Waals surface area (Å²) in [5.74, 6) is 0. The van der Waals surface area contributed by atoms with E-state index in [1.165, 1.54) is 16.8 Å². The van der Waals surface area contributed by atoms with E-state index >= 15 is 0 Å². The van der Waals surface area contributed by atoms with E-state index in [0.717, 1.165) is 24.7 Å². The van der Waals surface area contributed by atoms with Crippen LogP contribution in [0.5, 0.6) is 0 Å². The number of benzene rings is 1. The highest BCUT2D eigenvalue weighted by atomic mass is 32.1. The zero-order chi connectivity index (χ0) is 14.8. The predicted molar refractivity (Wildman–Crippen MR) is 90.4 cm³/mol. The lowest BCUT2D eigenvalue weighted by molar-refractivity contribution is 0.286. The monoisotopic (exact) mass is 299 g/mol. The second kappa shape index (κ2) is 5.90. The highest BCUT2D eigenvalue weighted by Gasteiger charge is 2.30. The Bertz CT molecular complexity index is 630. The van der Waals surface area contributed by atoms with E-state index in [2.05, 4.69) is 71.2 Å². The molecule has 1 aliphatic heterocycles. The third-order valence-corrected chi connectivity index (χ3v) is 4.40. The third kappa shape index (κ3) is 2.68. The number of rotatable bonds is 2. The van der Waals surface area contributed by atoms with Crippen molar-refractivity contribution >= 4 is 17.3 Å². The van der Waals surface area contributed by atoms with E-state index in [1.807, 2.05) is 0 Å². The van der Waals surface area contributed by atoms with Gasteiger partial charge in [0.1, 0.15) is 0 Å². The first-order valence-electron chi connectivity index (χ1n) is 7.46. The molecule has 0 amide bonds. The first-order valence-corrected chi connectivity index (χ1v) is 7.87. The highest BCUT2D eigenvalue weighted by Crippen LogP contribution is 2.32. The molecule has 1 unspecified atom stereocenters. The maximum Gasteiger partial charge on any atom is 0.169 e. The number of nitrogens with zero attached hydrogens (tertiary/aromatic N) is 2. The standard InChI is InChI=1S/C17H21N3S/c1-3-18-17(21)20-12-11-19-10-4-5-15(19)16(20)14-8-6-13(2)7-9-14/h4-10,16H,3,11-12H2,1-2H3,(H,18,21). The minimum atomic E-state index is 0.195. The Morgan fingerprint density at radius 2 is 2.00 bits per heavy atom. The molecular weight excluding hydrogens is 278 g/mol. The molecule has 1 aliphatic rings. The van der Waals surface area contributed by atoms with Gasteiger partial charge in [0.2, 0.25) is 0 Å². The number of fused-ring (bicyclic) bond motifs is 1. The summed E-state index contributed by atoms with van der Waals surface area (Å²) in [7, 11) is 0. The summed E-state index contributed by atoms with van der Waals surface area (Å²) < 4.78 is 2.33. The normalized spacial score (nSPS) is 17.4. The topological polar surface area (TPSA) is 20.2 Å². The number of aryl methyl sites for hydroxylation is 1. The van der Waals surface area contributed by atoms with Gasteiger partial charge in [0.25, 0.3) is 0 Å². The van der Waals surface area contributed by atoms with Gasteiger partial charge >= 0.3 is 0 Å². The quantitative estimate of drug-likeness (QED) is 0.861. The Morgan fingerprint density at radius 1 is 1.24 bits per heavy atom. The molecule has 4 heteroatoms. The van der Waals surface area contributed by atoms with Crippen molar-refractivity contribution in [2.75, 3.05) is 13.1 Å². The highest BCUT2D eigenvalue weighted by molar-refractivity contribution is 7.80. The van der Waals surface area contributed by atoms with Crippen LogP contribution in [0.3, 0.4) is 0 Å². The number of aromatic nitrogens is 1. The Kier molecular flexibility index (Phi) is 3.97. The molecule has 0 spiro atoms. The van der Waals surface area contributed by atoms with Crippen molar-refractivity contribution in [1.29, 1.82) is 0 Å². The summed E-state index contributed by atoms with van der Waals surface area (Å²) in [5.41, 5.74) is 3.89. The van der Waals surface area contributed by atoms with Crippen LogP contribution in [0.1, 0.15) is 29.8 Å². The average Bonchev–Trinajstić information content (AvgIpc) is 2.96. The Morgan fingerprint density at radius 3 is 2.71 bits per heavy atom. The number of thiocarbonyl (C=S) groups is 1. The summed E-state index contributed by atoms with van der Waals surface area (Å²) >= 11 is 5.58. The zero-order valence-corrected chi connectivity index (χ0v) is 13.4. The summed E-state index contributed by atoms with van der Waals surface area (Å²) in [5, 5.41) is 4.14. The fourth-order valence-corrected chi connectivity index (χ4v) is 3.30. The van der Waals surface area contributed by atoms with Gasteiger partial charge in [-0.25, -0.2) is 0 Å². The average molecular weight is 299 g/mol. The molecule has 1 N–H and O–H groups in total. The molecule has 2 aromatic rings. The van der Waals surface area contributed by atoms with Crippen LogP contribution in [0, 0.1) is 6.92 Å². The molecule has 110 valence electrons. The van der Waals surface area contributed by atoms with Crippen molar-refractivity contribution in [3.8, 4) is 0 Å². The van der Waals surface area contributed by atoms with Crippen LogP contribution in [0.2, 0.25) is 0 Å². The van der Waals surface area contributed by atoms with Crippen molar-refractivity contribution in [3.05, 3.63) is 59.4 Å². The van der Waals surface area contributed by atoms with E-state index in [1.54, 1.807) is 0 Å². The largest absolute Gasteiger partial charge is 0.363 e. The molecule has 0 saturated carbocycles. The molecule has 0 radical (unpaired) electrons. The minimum Gasteiger partial charge on any atom is -0.363 e. The van der Waals surface area contributed by atoms with Crippen LogP contribution in [-0.4, -0.2) is 27.7 Å². The van der Waals surface area contributed by atoms with Gasteiger partial charge in [0.15, 0.2) is 5.11 Å². The van der Waals surface area contributed by atoms with Crippen molar-refractivity contribution in [2.45, 2.75) is 26.4 Å². The lowest BCUT2D eigenvalue weighted by Crippen LogP contribution is -2.47. The van der Waals surface area contributed by atoms with Crippen molar-refractivity contribution in [1.82, 2.24) is 14.8 Å². The van der Waals surface area contributed by atoms with Crippen LogP contribution in [-0.2, 0) is 6.54 Å². The van der Waals surface area contributed by atoms with Crippen LogP contribution in [0.4, 0.5) is 0 Å². The second-order valence-corrected chi connectivity index (χ2v) is 5.86. The Labute approximate surface area is 131 Å².